The van der Waals surface area contributed by atoms with Crippen molar-refractivity contribution in [3.8, 4) is 0 Å². The second-order valence-electron chi connectivity index (χ2n) is 7.10. The lowest BCUT2D eigenvalue weighted by molar-refractivity contribution is 0.831. The third-order valence-corrected chi connectivity index (χ3v) is 4.86. The van der Waals surface area contributed by atoms with Crippen LogP contribution in [-0.4, -0.2) is 16.1 Å². The van der Waals surface area contributed by atoms with Gasteiger partial charge in [0.25, 0.3) is 0 Å². The fourth-order valence-corrected chi connectivity index (χ4v) is 4.78. The Balaban J connectivity index is 3.24. The topological polar surface area (TPSA) is 0 Å². The minimum absolute atomic E-state index is 0.297. The molecule has 1 unspecified atom stereocenters. The van der Waals surface area contributed by atoms with E-state index in [9.17, 15) is 0 Å². The summed E-state index contributed by atoms with van der Waals surface area (Å²) in [5.41, 5.74) is 4.27. The normalized spacial score (nSPS) is 29.6. The van der Waals surface area contributed by atoms with Gasteiger partial charge in [0, 0.05) is 5.92 Å². The Morgan fingerprint density at radius 1 is 1.12 bits per heavy atom. The largest absolute Gasteiger partial charge is 0.102 e. The molecule has 1 aliphatic carbocycles. The molecule has 1 saturated carbocycles. The Hall–Kier alpha value is -0.346. The van der Waals surface area contributed by atoms with E-state index in [0.717, 1.165) is 24.2 Å². The summed E-state index contributed by atoms with van der Waals surface area (Å²) in [7, 11) is -3.11. The molecule has 0 N–H and O–H groups in total. The smallest absolute Gasteiger partial charge is 0.0686 e. The summed E-state index contributed by atoms with van der Waals surface area (Å²) in [6, 6.07) is 0. The molecule has 0 amide bonds. The molecule has 0 spiro atoms. The lowest BCUT2D eigenvalue weighted by Gasteiger charge is -2.14. The number of allylic oxidation sites excluding steroid dienone is 3. The summed E-state index contributed by atoms with van der Waals surface area (Å²) in [4.78, 5) is 0. The molecule has 0 nitrogen and oxygen atoms in total. The van der Waals surface area contributed by atoms with Crippen LogP contribution in [0, 0.1) is 5.92 Å². The van der Waals surface area contributed by atoms with Gasteiger partial charge in [-0.2, -0.15) is 0 Å². The summed E-state index contributed by atoms with van der Waals surface area (Å²) in [5.74, 6) is 0.297. The fourth-order valence-electron chi connectivity index (χ4n) is 2.29. The lowest BCUT2D eigenvalue weighted by Crippen LogP contribution is -2.17. The third kappa shape index (κ3) is 5.22. The highest BCUT2D eigenvalue weighted by molar-refractivity contribution is 6.81. The molecule has 0 aliphatic heterocycles. The monoisotopic (exact) mass is 266 g/mol. The summed E-state index contributed by atoms with van der Waals surface area (Å²) < 4.78 is 16.9. The fraction of sp³-hybridized carbons (Fsp3) is 0.600. The van der Waals surface area contributed by atoms with Crippen LogP contribution in [0.15, 0.2) is 35.2 Å². The van der Waals surface area contributed by atoms with E-state index >= 15 is 0 Å². The zero-order valence-corrected chi connectivity index (χ0v) is 14.3. The third-order valence-electron chi connectivity index (χ3n) is 2.69. The lowest BCUT2D eigenvalue weighted by atomic mass is 10.1. The maximum absolute atomic E-state index is 8.46. The highest BCUT2D eigenvalue weighted by Gasteiger charge is 2.25. The molecule has 1 rings (SSSR count). The van der Waals surface area contributed by atoms with Crippen LogP contribution in [-0.2, 0) is 0 Å². The molecule has 0 bridgehead atoms. The molecule has 1 atom stereocenters. The van der Waals surface area contributed by atoms with Gasteiger partial charge in [-0.1, -0.05) is 67.9 Å². The zero-order chi connectivity index (χ0) is 15.0. The Bertz CT molecular complexity index is 434. The first kappa shape index (κ1) is 11.7. The Morgan fingerprint density at radius 3 is 2.06 bits per heavy atom. The van der Waals surface area contributed by atoms with Gasteiger partial charge >= 0.3 is 0 Å². The van der Waals surface area contributed by atoms with E-state index in [-0.39, 0.29) is 0 Å². The van der Waals surface area contributed by atoms with Crippen LogP contribution >= 0.6 is 0 Å². The first-order valence-electron chi connectivity index (χ1n) is 7.50. The van der Waals surface area contributed by atoms with Gasteiger partial charge in [-0.05, 0) is 12.8 Å². The van der Waals surface area contributed by atoms with Gasteiger partial charge in [0.15, 0.2) is 0 Å². The standard InChI is InChI=1S/C15H28Si2/c1-8-14-9-13(11-16(2,3)4)10-15(14)12-17(5,6)7/h8,11-12,14H,1,9-10H2,2-7H3/b13-11-,15-12-/i11D,12D. The molecular weight excluding hydrogens is 236 g/mol. The first-order valence-corrected chi connectivity index (χ1v) is 13.5. The minimum atomic E-state index is -1.57. The van der Waals surface area contributed by atoms with E-state index in [1.165, 1.54) is 11.1 Å². The van der Waals surface area contributed by atoms with Crippen molar-refractivity contribution in [1.29, 1.82) is 0 Å². The van der Waals surface area contributed by atoms with E-state index in [1.54, 1.807) is 0 Å². The van der Waals surface area contributed by atoms with Crippen LogP contribution in [0.3, 0.4) is 0 Å². The molecular formula is C15H28Si2. The van der Waals surface area contributed by atoms with Gasteiger partial charge in [-0.25, -0.2) is 0 Å². The summed E-state index contributed by atoms with van der Waals surface area (Å²) >= 11 is 0. The molecule has 17 heavy (non-hydrogen) atoms. The molecule has 1 fully saturated rings. The van der Waals surface area contributed by atoms with E-state index < -0.39 is 16.1 Å². The zero-order valence-electron chi connectivity index (χ0n) is 14.3. The van der Waals surface area contributed by atoms with Gasteiger partial charge in [0.1, 0.15) is 0 Å². The van der Waals surface area contributed by atoms with Crippen LogP contribution in [0.2, 0.25) is 39.3 Å². The maximum Gasteiger partial charge on any atom is 0.0686 e. The molecule has 0 radical (unpaired) electrons. The number of rotatable bonds is 3. The Morgan fingerprint density at radius 2 is 1.65 bits per heavy atom. The van der Waals surface area contributed by atoms with Crippen molar-refractivity contribution >= 4 is 16.1 Å². The SMILES string of the molecule is [2H]/C(=C1/C/C(=C(\[2H])[Si](C)(C)C)C(C=C)C1)[Si](C)(C)C. The Labute approximate surface area is 112 Å². The highest BCUT2D eigenvalue weighted by atomic mass is 28.3. The highest BCUT2D eigenvalue weighted by Crippen LogP contribution is 2.37. The average molecular weight is 267 g/mol. The second kappa shape index (κ2) is 5.11. The van der Waals surface area contributed by atoms with E-state index in [1.807, 2.05) is 6.08 Å². The Kier molecular flexibility index (Phi) is 3.52. The number of hydrogen-bond donors (Lipinski definition) is 0. The summed E-state index contributed by atoms with van der Waals surface area (Å²) in [5, 5.41) is 0. The minimum Gasteiger partial charge on any atom is -0.102 e. The van der Waals surface area contributed by atoms with E-state index in [2.05, 4.69) is 45.9 Å². The van der Waals surface area contributed by atoms with E-state index in [4.69, 9.17) is 2.74 Å². The van der Waals surface area contributed by atoms with E-state index in [0.29, 0.717) is 5.92 Å². The van der Waals surface area contributed by atoms with Gasteiger partial charge in [0.05, 0.1) is 18.9 Å². The second-order valence-corrected chi connectivity index (χ2v) is 16.6. The first-order chi connectivity index (χ1) is 8.48. The molecule has 0 aromatic carbocycles. The summed E-state index contributed by atoms with van der Waals surface area (Å²) in [6.45, 7) is 17.3. The molecule has 0 aromatic heterocycles. The quantitative estimate of drug-likeness (QED) is 0.487. The van der Waals surface area contributed by atoms with Gasteiger partial charge in [0.2, 0.25) is 0 Å². The molecule has 0 aromatic rings. The van der Waals surface area contributed by atoms with Crippen LogP contribution < -0.4 is 0 Å². The van der Waals surface area contributed by atoms with Crippen molar-refractivity contribution in [3.05, 3.63) is 35.2 Å². The average Bonchev–Trinajstić information content (AvgIpc) is 2.67. The van der Waals surface area contributed by atoms with Crippen molar-refractivity contribution in [2.24, 2.45) is 5.92 Å². The van der Waals surface area contributed by atoms with Crippen LogP contribution in [0.5, 0.6) is 0 Å². The van der Waals surface area contributed by atoms with Crippen molar-refractivity contribution in [3.63, 3.8) is 0 Å². The van der Waals surface area contributed by atoms with Crippen molar-refractivity contribution in [2.45, 2.75) is 52.1 Å². The van der Waals surface area contributed by atoms with Crippen molar-refractivity contribution in [2.75, 3.05) is 0 Å². The molecule has 2 heteroatoms. The molecule has 0 heterocycles. The molecule has 0 saturated heterocycles. The van der Waals surface area contributed by atoms with Crippen molar-refractivity contribution < 1.29 is 2.74 Å². The van der Waals surface area contributed by atoms with Crippen molar-refractivity contribution in [1.82, 2.24) is 0 Å². The number of hydrogen-bond acceptors (Lipinski definition) is 0. The predicted octanol–water partition coefficient (Wildman–Crippen LogP) is 5.19. The van der Waals surface area contributed by atoms with Crippen LogP contribution in [0.25, 0.3) is 0 Å². The maximum atomic E-state index is 8.46. The summed E-state index contributed by atoms with van der Waals surface area (Å²) in [6.07, 6.45) is 3.76. The molecule has 96 valence electrons. The van der Waals surface area contributed by atoms with Crippen LogP contribution in [0.1, 0.15) is 15.6 Å². The molecule has 1 aliphatic rings. The van der Waals surface area contributed by atoms with Crippen LogP contribution in [0.4, 0.5) is 0 Å². The predicted molar refractivity (Wildman–Crippen MR) is 85.8 cm³/mol. The van der Waals surface area contributed by atoms with Gasteiger partial charge < -0.3 is 0 Å². The van der Waals surface area contributed by atoms with Gasteiger partial charge in [-0.3, -0.25) is 0 Å². The van der Waals surface area contributed by atoms with Gasteiger partial charge in [-0.15, -0.1) is 6.58 Å².